The van der Waals surface area contributed by atoms with Crippen molar-refractivity contribution in [1.82, 2.24) is 19.7 Å². The van der Waals surface area contributed by atoms with E-state index < -0.39 is 11.7 Å². The van der Waals surface area contributed by atoms with Crippen molar-refractivity contribution in [3.8, 4) is 5.88 Å². The lowest BCUT2D eigenvalue weighted by Gasteiger charge is -2.28. The molecule has 0 unspecified atom stereocenters. The van der Waals surface area contributed by atoms with Gasteiger partial charge in [-0.1, -0.05) is 6.07 Å². The lowest BCUT2D eigenvalue weighted by molar-refractivity contribution is -0.137. The Labute approximate surface area is 138 Å². The lowest BCUT2D eigenvalue weighted by atomic mass is 10.1. The van der Waals surface area contributed by atoms with E-state index in [2.05, 4.69) is 17.1 Å². The van der Waals surface area contributed by atoms with Crippen LogP contribution in [0.2, 0.25) is 0 Å². The molecule has 24 heavy (non-hydrogen) atoms. The first-order valence-corrected chi connectivity index (χ1v) is 7.68. The first kappa shape index (κ1) is 16.8. The number of hydrogen-bond donors (Lipinski definition) is 0. The molecule has 1 aliphatic heterocycles. The molecule has 5 nitrogen and oxygen atoms in total. The van der Waals surface area contributed by atoms with Crippen LogP contribution in [0.25, 0.3) is 0 Å². The van der Waals surface area contributed by atoms with Crippen molar-refractivity contribution in [2.75, 3.05) is 13.1 Å². The molecule has 0 aliphatic carbocycles. The van der Waals surface area contributed by atoms with Crippen LogP contribution in [-0.4, -0.2) is 38.9 Å². The molecule has 0 spiro atoms. The van der Waals surface area contributed by atoms with Crippen LogP contribution in [0.15, 0.2) is 30.6 Å². The Bertz CT molecular complexity index is 678. The first-order valence-electron chi connectivity index (χ1n) is 7.68. The van der Waals surface area contributed by atoms with Gasteiger partial charge < -0.3 is 9.64 Å². The fourth-order valence-electron chi connectivity index (χ4n) is 2.57. The van der Waals surface area contributed by atoms with Gasteiger partial charge in [0, 0.05) is 32.4 Å². The summed E-state index contributed by atoms with van der Waals surface area (Å²) in [6, 6.07) is 5.27. The smallest absolute Gasteiger partial charge is 0.419 e. The maximum Gasteiger partial charge on any atom is 0.419 e. The van der Waals surface area contributed by atoms with E-state index in [0.717, 1.165) is 38.3 Å². The van der Waals surface area contributed by atoms with E-state index in [1.807, 2.05) is 4.90 Å². The van der Waals surface area contributed by atoms with E-state index in [1.165, 1.54) is 4.68 Å². The Kier molecular flexibility index (Phi) is 4.75. The van der Waals surface area contributed by atoms with Crippen LogP contribution in [0, 0.1) is 7.05 Å². The number of halogens is 3. The molecule has 0 aromatic carbocycles. The van der Waals surface area contributed by atoms with Gasteiger partial charge in [-0.3, -0.25) is 4.68 Å². The van der Waals surface area contributed by atoms with Crippen LogP contribution in [0.5, 0.6) is 5.88 Å². The molecular weight excluding hydrogens is 321 g/mol. The third-order valence-electron chi connectivity index (χ3n) is 3.89. The highest BCUT2D eigenvalue weighted by Crippen LogP contribution is 2.28. The van der Waals surface area contributed by atoms with Gasteiger partial charge in [0.15, 0.2) is 0 Å². The Morgan fingerprint density at radius 3 is 2.67 bits per heavy atom. The Balaban J connectivity index is 1.64. The average Bonchev–Trinajstić information content (AvgIpc) is 2.99. The van der Waals surface area contributed by atoms with E-state index in [-0.39, 0.29) is 12.6 Å². The Morgan fingerprint density at radius 2 is 2.00 bits per heavy atom. The van der Waals surface area contributed by atoms with Gasteiger partial charge in [-0.15, -0.1) is 0 Å². The van der Waals surface area contributed by atoms with Crippen molar-refractivity contribution in [3.05, 3.63) is 48.9 Å². The summed E-state index contributed by atoms with van der Waals surface area (Å²) >= 11 is 0. The minimum absolute atomic E-state index is 0.0901. The van der Waals surface area contributed by atoms with Crippen LogP contribution in [-0.2, 0) is 12.7 Å². The van der Waals surface area contributed by atoms with E-state index in [4.69, 9.17) is 4.74 Å². The molecule has 0 atom stereocenters. The number of aromatic nitrogens is 3. The van der Waals surface area contributed by atoms with Crippen LogP contribution in [0.1, 0.15) is 24.1 Å². The Hall–Kier alpha value is -2.09. The zero-order chi connectivity index (χ0) is 17.2. The van der Waals surface area contributed by atoms with Gasteiger partial charge in [0.05, 0.1) is 24.0 Å². The molecule has 1 aliphatic rings. The van der Waals surface area contributed by atoms with Crippen molar-refractivity contribution in [2.45, 2.75) is 31.7 Å². The molecule has 3 rings (SSSR count). The summed E-state index contributed by atoms with van der Waals surface area (Å²) in [7, 11) is 3.89. The fraction of sp³-hybridized carbons (Fsp3) is 0.438. The summed E-state index contributed by atoms with van der Waals surface area (Å²) in [6.07, 6.45) is -0.758. The molecule has 1 fully saturated rings. The van der Waals surface area contributed by atoms with Crippen molar-refractivity contribution in [3.63, 3.8) is 0 Å². The van der Waals surface area contributed by atoms with E-state index in [9.17, 15) is 13.2 Å². The third kappa shape index (κ3) is 4.25. The summed E-state index contributed by atoms with van der Waals surface area (Å²) in [4.78, 5) is 6.36. The SMILES string of the molecule is [CH2]N1CCC(Oc2cccc(Cn3cc(C(F)(F)F)cn3)n2)CC1. The summed E-state index contributed by atoms with van der Waals surface area (Å²) < 4.78 is 44.9. The normalized spacial score (nSPS) is 17.2. The van der Waals surface area contributed by atoms with Gasteiger partial charge in [-0.25, -0.2) is 4.98 Å². The predicted octanol–water partition coefficient (Wildman–Crippen LogP) is 2.98. The van der Waals surface area contributed by atoms with Crippen LogP contribution < -0.4 is 4.74 Å². The quantitative estimate of drug-likeness (QED) is 0.859. The molecule has 0 bridgehead atoms. The predicted molar refractivity (Wildman–Crippen MR) is 81.1 cm³/mol. The van der Waals surface area contributed by atoms with Crippen molar-refractivity contribution in [1.29, 1.82) is 0 Å². The summed E-state index contributed by atoms with van der Waals surface area (Å²) in [5.41, 5.74) is -0.172. The van der Waals surface area contributed by atoms with Crippen LogP contribution >= 0.6 is 0 Å². The minimum atomic E-state index is -4.39. The maximum absolute atomic E-state index is 12.6. The van der Waals surface area contributed by atoms with Gasteiger partial charge in [0.1, 0.15) is 6.10 Å². The molecule has 0 N–H and O–H groups in total. The van der Waals surface area contributed by atoms with Gasteiger partial charge >= 0.3 is 6.18 Å². The summed E-state index contributed by atoms with van der Waals surface area (Å²) in [5, 5.41) is 3.73. The maximum atomic E-state index is 12.6. The number of nitrogens with zero attached hydrogens (tertiary/aromatic N) is 4. The van der Waals surface area contributed by atoms with E-state index >= 15 is 0 Å². The first-order chi connectivity index (χ1) is 11.4. The molecule has 1 radical (unpaired) electrons. The molecule has 0 saturated carbocycles. The van der Waals surface area contributed by atoms with Crippen LogP contribution in [0.4, 0.5) is 13.2 Å². The standard InChI is InChI=1S/C16H18F3N4O/c1-22-7-5-14(6-8-22)24-15-4-2-3-13(21-15)11-23-10-12(9-20-23)16(17,18)19/h2-4,9-10,14H,1,5-8,11H2. The van der Waals surface area contributed by atoms with Crippen molar-refractivity contribution >= 4 is 0 Å². The highest BCUT2D eigenvalue weighted by atomic mass is 19.4. The number of likely N-dealkylation sites (tertiary alicyclic amines) is 1. The third-order valence-corrected chi connectivity index (χ3v) is 3.89. The molecule has 0 amide bonds. The number of ether oxygens (including phenoxy) is 1. The zero-order valence-electron chi connectivity index (χ0n) is 13.0. The Morgan fingerprint density at radius 1 is 1.25 bits per heavy atom. The van der Waals surface area contributed by atoms with Gasteiger partial charge in [-0.05, 0) is 18.9 Å². The second kappa shape index (κ2) is 6.80. The second-order valence-corrected chi connectivity index (χ2v) is 5.83. The highest BCUT2D eigenvalue weighted by Gasteiger charge is 2.32. The molecule has 1 saturated heterocycles. The number of rotatable bonds is 4. The lowest BCUT2D eigenvalue weighted by Crippen LogP contribution is -2.34. The minimum Gasteiger partial charge on any atom is -0.474 e. The van der Waals surface area contributed by atoms with Crippen molar-refractivity contribution < 1.29 is 17.9 Å². The number of piperidine rings is 1. The molecular formula is C16H18F3N4O. The molecule has 3 heterocycles. The average molecular weight is 339 g/mol. The molecule has 2 aromatic rings. The monoisotopic (exact) mass is 339 g/mol. The van der Waals surface area contributed by atoms with Gasteiger partial charge in [0.25, 0.3) is 0 Å². The largest absolute Gasteiger partial charge is 0.474 e. The highest BCUT2D eigenvalue weighted by molar-refractivity contribution is 5.17. The van der Waals surface area contributed by atoms with E-state index in [1.54, 1.807) is 18.2 Å². The molecule has 2 aromatic heterocycles. The number of alkyl halides is 3. The summed E-state index contributed by atoms with van der Waals surface area (Å²) in [5.74, 6) is 0.484. The second-order valence-electron chi connectivity index (χ2n) is 5.83. The fourth-order valence-corrected chi connectivity index (χ4v) is 2.57. The van der Waals surface area contributed by atoms with Gasteiger partial charge in [-0.2, -0.15) is 18.3 Å². The topological polar surface area (TPSA) is 43.2 Å². The van der Waals surface area contributed by atoms with Crippen LogP contribution in [0.3, 0.4) is 0 Å². The van der Waals surface area contributed by atoms with E-state index in [0.29, 0.717) is 11.6 Å². The zero-order valence-corrected chi connectivity index (χ0v) is 13.0. The number of pyridine rings is 1. The summed E-state index contributed by atoms with van der Waals surface area (Å²) in [6.45, 7) is 1.90. The molecule has 129 valence electrons. The van der Waals surface area contributed by atoms with Gasteiger partial charge in [0.2, 0.25) is 5.88 Å². The number of hydrogen-bond acceptors (Lipinski definition) is 4. The molecule has 8 heteroatoms. The van der Waals surface area contributed by atoms with Crippen molar-refractivity contribution in [2.24, 2.45) is 0 Å².